The number of carboxylic acid groups (broad SMARTS) is 1. The molecule has 15 heavy (non-hydrogen) atoms. The fraction of sp³-hybridized carbons (Fsp3) is 0.273. The van der Waals surface area contributed by atoms with Crippen LogP contribution in [0, 0.1) is 0 Å². The number of rotatable bonds is 3. The SMILES string of the molecule is COC(=O)C(C)(C(=O)[O-])c1ccccc1. The van der Waals surface area contributed by atoms with E-state index in [0.717, 1.165) is 7.11 Å². The molecule has 80 valence electrons. The van der Waals surface area contributed by atoms with Crippen molar-refractivity contribution in [1.29, 1.82) is 0 Å². The van der Waals surface area contributed by atoms with Gasteiger partial charge in [-0.25, -0.2) is 0 Å². The van der Waals surface area contributed by atoms with Crippen LogP contribution in [0.5, 0.6) is 0 Å². The van der Waals surface area contributed by atoms with E-state index in [9.17, 15) is 14.7 Å². The monoisotopic (exact) mass is 207 g/mol. The van der Waals surface area contributed by atoms with Gasteiger partial charge in [-0.05, 0) is 12.5 Å². The van der Waals surface area contributed by atoms with Gasteiger partial charge in [0.05, 0.1) is 13.1 Å². The van der Waals surface area contributed by atoms with Crippen LogP contribution >= 0.6 is 0 Å². The molecule has 0 aliphatic heterocycles. The van der Waals surface area contributed by atoms with Gasteiger partial charge >= 0.3 is 5.97 Å². The summed E-state index contributed by atoms with van der Waals surface area (Å²) < 4.78 is 4.47. The zero-order valence-corrected chi connectivity index (χ0v) is 8.52. The van der Waals surface area contributed by atoms with E-state index < -0.39 is 17.4 Å². The highest BCUT2D eigenvalue weighted by Crippen LogP contribution is 2.24. The molecular formula is C11H11O4-. The van der Waals surface area contributed by atoms with E-state index in [4.69, 9.17) is 0 Å². The molecule has 0 saturated heterocycles. The Hall–Kier alpha value is -1.84. The third-order valence-corrected chi connectivity index (χ3v) is 2.35. The van der Waals surface area contributed by atoms with Gasteiger partial charge in [0.15, 0.2) is 0 Å². The van der Waals surface area contributed by atoms with Crippen molar-refractivity contribution in [3.05, 3.63) is 35.9 Å². The highest BCUT2D eigenvalue weighted by atomic mass is 16.5. The van der Waals surface area contributed by atoms with Crippen molar-refractivity contribution >= 4 is 11.9 Å². The number of hydrogen-bond acceptors (Lipinski definition) is 4. The van der Waals surface area contributed by atoms with Crippen LogP contribution < -0.4 is 5.11 Å². The topological polar surface area (TPSA) is 66.4 Å². The zero-order valence-electron chi connectivity index (χ0n) is 8.52. The molecule has 1 atom stereocenters. The van der Waals surface area contributed by atoms with Crippen LogP contribution in [0.15, 0.2) is 30.3 Å². The Bertz CT molecular complexity index is 371. The Morgan fingerprint density at radius 2 is 1.80 bits per heavy atom. The molecule has 1 aromatic carbocycles. The average molecular weight is 207 g/mol. The van der Waals surface area contributed by atoms with Gasteiger partial charge in [0.25, 0.3) is 0 Å². The van der Waals surface area contributed by atoms with E-state index in [1.54, 1.807) is 30.3 Å². The number of methoxy groups -OCH3 is 1. The van der Waals surface area contributed by atoms with E-state index in [2.05, 4.69) is 4.74 Å². The molecule has 4 nitrogen and oxygen atoms in total. The molecule has 1 rings (SSSR count). The summed E-state index contributed by atoms with van der Waals surface area (Å²) in [4.78, 5) is 22.4. The predicted molar refractivity (Wildman–Crippen MR) is 50.8 cm³/mol. The second-order valence-corrected chi connectivity index (χ2v) is 3.27. The van der Waals surface area contributed by atoms with Crippen LogP contribution in [0.3, 0.4) is 0 Å². The molecule has 0 aromatic heterocycles. The van der Waals surface area contributed by atoms with E-state index in [-0.39, 0.29) is 0 Å². The second-order valence-electron chi connectivity index (χ2n) is 3.27. The van der Waals surface area contributed by atoms with Gasteiger partial charge in [0, 0.05) is 0 Å². The van der Waals surface area contributed by atoms with Crippen molar-refractivity contribution in [2.75, 3.05) is 7.11 Å². The quantitative estimate of drug-likeness (QED) is 0.511. The Labute approximate surface area is 87.5 Å². The van der Waals surface area contributed by atoms with Gasteiger partial charge in [-0.1, -0.05) is 30.3 Å². The fourth-order valence-electron chi connectivity index (χ4n) is 1.29. The molecule has 0 heterocycles. The van der Waals surface area contributed by atoms with Crippen molar-refractivity contribution in [1.82, 2.24) is 0 Å². The maximum Gasteiger partial charge on any atom is 0.321 e. The number of benzene rings is 1. The molecule has 0 spiro atoms. The predicted octanol–water partition coefficient (Wildman–Crippen LogP) is -0.133. The van der Waals surface area contributed by atoms with Crippen LogP contribution in [-0.4, -0.2) is 19.0 Å². The fourth-order valence-corrected chi connectivity index (χ4v) is 1.29. The van der Waals surface area contributed by atoms with E-state index in [1.165, 1.54) is 6.92 Å². The number of aliphatic carboxylic acids is 1. The summed E-state index contributed by atoms with van der Waals surface area (Å²) in [6, 6.07) is 8.13. The van der Waals surface area contributed by atoms with Gasteiger partial charge in [0.2, 0.25) is 0 Å². The summed E-state index contributed by atoms with van der Waals surface area (Å²) in [5.74, 6) is -2.31. The lowest BCUT2D eigenvalue weighted by Crippen LogP contribution is -2.49. The maximum atomic E-state index is 11.4. The minimum Gasteiger partial charge on any atom is -0.549 e. The summed E-state index contributed by atoms with van der Waals surface area (Å²) in [5, 5.41) is 11.0. The minimum absolute atomic E-state index is 0.344. The minimum atomic E-state index is -1.75. The van der Waals surface area contributed by atoms with E-state index in [1.807, 2.05) is 0 Å². The molecule has 1 unspecified atom stereocenters. The first-order valence-corrected chi connectivity index (χ1v) is 4.39. The summed E-state index contributed by atoms with van der Waals surface area (Å²) in [6.45, 7) is 1.27. The van der Waals surface area contributed by atoms with Crippen molar-refractivity contribution in [2.45, 2.75) is 12.3 Å². The number of carbonyl (C=O) groups excluding carboxylic acids is 2. The van der Waals surface area contributed by atoms with Gasteiger partial charge in [-0.2, -0.15) is 0 Å². The highest BCUT2D eigenvalue weighted by Gasteiger charge is 2.37. The molecule has 0 radical (unpaired) electrons. The Morgan fingerprint density at radius 1 is 1.27 bits per heavy atom. The van der Waals surface area contributed by atoms with Gasteiger partial charge in [0.1, 0.15) is 5.41 Å². The Kier molecular flexibility index (Phi) is 3.09. The average Bonchev–Trinajstić information content (AvgIpc) is 2.27. The number of esters is 1. The molecule has 0 saturated carbocycles. The lowest BCUT2D eigenvalue weighted by atomic mass is 9.82. The smallest absolute Gasteiger partial charge is 0.321 e. The zero-order chi connectivity index (χ0) is 11.5. The van der Waals surface area contributed by atoms with Crippen LogP contribution in [-0.2, 0) is 19.7 Å². The third-order valence-electron chi connectivity index (χ3n) is 2.35. The second kappa shape index (κ2) is 4.13. The summed E-state index contributed by atoms with van der Waals surface area (Å²) in [5.41, 5.74) is -1.41. The van der Waals surface area contributed by atoms with Crippen molar-refractivity contribution in [3.8, 4) is 0 Å². The van der Waals surface area contributed by atoms with Gasteiger partial charge in [-0.15, -0.1) is 0 Å². The Balaban J connectivity index is 3.25. The first-order valence-electron chi connectivity index (χ1n) is 4.39. The molecule has 4 heteroatoms. The lowest BCUT2D eigenvalue weighted by Gasteiger charge is -2.27. The molecule has 0 fully saturated rings. The standard InChI is InChI=1S/C11H12O4/c1-11(9(12)13,10(14)15-2)8-6-4-3-5-7-8/h3-7H,1-2H3,(H,12,13)/p-1. The molecule has 0 aliphatic rings. The van der Waals surface area contributed by atoms with Gasteiger partial charge < -0.3 is 14.6 Å². The van der Waals surface area contributed by atoms with Crippen molar-refractivity contribution in [3.63, 3.8) is 0 Å². The number of ether oxygens (including phenoxy) is 1. The molecule has 0 aliphatic carbocycles. The highest BCUT2D eigenvalue weighted by molar-refractivity contribution is 6.04. The van der Waals surface area contributed by atoms with Crippen LogP contribution in [0.4, 0.5) is 0 Å². The lowest BCUT2D eigenvalue weighted by molar-refractivity contribution is -0.312. The van der Waals surface area contributed by atoms with Crippen LogP contribution in [0.1, 0.15) is 12.5 Å². The molecule has 0 N–H and O–H groups in total. The molecular weight excluding hydrogens is 196 g/mol. The maximum absolute atomic E-state index is 11.4. The first-order chi connectivity index (χ1) is 7.03. The number of carboxylic acids is 1. The van der Waals surface area contributed by atoms with Gasteiger partial charge in [-0.3, -0.25) is 4.79 Å². The van der Waals surface area contributed by atoms with Crippen molar-refractivity contribution < 1.29 is 19.4 Å². The van der Waals surface area contributed by atoms with Crippen molar-refractivity contribution in [2.24, 2.45) is 0 Å². The third kappa shape index (κ3) is 1.83. The van der Waals surface area contributed by atoms with Crippen LogP contribution in [0.25, 0.3) is 0 Å². The number of carbonyl (C=O) groups is 2. The Morgan fingerprint density at radius 3 is 2.20 bits per heavy atom. The first kappa shape index (κ1) is 11.2. The molecule has 0 amide bonds. The molecule has 1 aromatic rings. The van der Waals surface area contributed by atoms with Crippen LogP contribution in [0.2, 0.25) is 0 Å². The number of hydrogen-bond donors (Lipinski definition) is 0. The summed E-state index contributed by atoms with van der Waals surface area (Å²) in [6.07, 6.45) is 0. The largest absolute Gasteiger partial charge is 0.549 e. The summed E-state index contributed by atoms with van der Waals surface area (Å²) >= 11 is 0. The normalized spacial score (nSPS) is 14.0. The van der Waals surface area contributed by atoms with E-state index >= 15 is 0 Å². The molecule has 0 bridgehead atoms. The summed E-state index contributed by atoms with van der Waals surface area (Å²) in [7, 11) is 1.15. The van der Waals surface area contributed by atoms with E-state index in [0.29, 0.717) is 5.56 Å².